The third-order valence-electron chi connectivity index (χ3n) is 3.15. The van der Waals surface area contributed by atoms with Crippen molar-refractivity contribution in [3.8, 4) is 0 Å². The molecule has 1 aromatic rings. The van der Waals surface area contributed by atoms with Gasteiger partial charge < -0.3 is 10.1 Å². The van der Waals surface area contributed by atoms with Crippen molar-refractivity contribution in [1.82, 2.24) is 5.32 Å². The Hall–Kier alpha value is -1.35. The molecule has 1 heterocycles. The van der Waals surface area contributed by atoms with Crippen LogP contribution in [0.15, 0.2) is 30.3 Å². The number of carbonyl (C=O) groups is 1. The van der Waals surface area contributed by atoms with Crippen LogP contribution in [-0.2, 0) is 9.53 Å². The molecule has 3 nitrogen and oxygen atoms in total. The maximum atomic E-state index is 12.2. The molecule has 0 aromatic heterocycles. The van der Waals surface area contributed by atoms with E-state index in [0.717, 1.165) is 6.54 Å². The van der Waals surface area contributed by atoms with Gasteiger partial charge in [-0.3, -0.25) is 4.79 Å². The highest BCUT2D eigenvalue weighted by Gasteiger charge is 2.36. The van der Waals surface area contributed by atoms with Gasteiger partial charge in [-0.15, -0.1) is 0 Å². The fourth-order valence-electron chi connectivity index (χ4n) is 2.35. The molecule has 1 fully saturated rings. The van der Waals surface area contributed by atoms with Crippen molar-refractivity contribution in [3.05, 3.63) is 35.9 Å². The van der Waals surface area contributed by atoms with Crippen LogP contribution in [0.4, 0.5) is 0 Å². The van der Waals surface area contributed by atoms with Gasteiger partial charge in [0.1, 0.15) is 5.60 Å². The Labute approximate surface area is 109 Å². The molecule has 0 bridgehead atoms. The SMILES string of the molecule is CC(C)(C)OC(=O)[C@@H]1CNC[C@H]1c1ccccc1. The van der Waals surface area contributed by atoms with Crippen molar-refractivity contribution in [2.24, 2.45) is 5.92 Å². The molecule has 0 amide bonds. The van der Waals surface area contributed by atoms with Crippen LogP contribution in [0.2, 0.25) is 0 Å². The number of hydrogen-bond acceptors (Lipinski definition) is 3. The van der Waals surface area contributed by atoms with E-state index in [9.17, 15) is 4.79 Å². The van der Waals surface area contributed by atoms with Crippen LogP contribution in [0.1, 0.15) is 32.3 Å². The normalized spacial score (nSPS) is 23.9. The molecule has 1 saturated heterocycles. The van der Waals surface area contributed by atoms with E-state index in [1.54, 1.807) is 0 Å². The molecule has 1 aliphatic heterocycles. The van der Waals surface area contributed by atoms with Crippen molar-refractivity contribution in [2.45, 2.75) is 32.3 Å². The first-order valence-electron chi connectivity index (χ1n) is 6.46. The minimum absolute atomic E-state index is 0.0772. The third-order valence-corrected chi connectivity index (χ3v) is 3.15. The molecule has 1 N–H and O–H groups in total. The number of esters is 1. The molecule has 0 saturated carbocycles. The molecule has 2 atom stereocenters. The van der Waals surface area contributed by atoms with E-state index >= 15 is 0 Å². The number of nitrogens with one attached hydrogen (secondary N) is 1. The molecule has 18 heavy (non-hydrogen) atoms. The summed E-state index contributed by atoms with van der Waals surface area (Å²) in [4.78, 5) is 12.2. The van der Waals surface area contributed by atoms with Crippen LogP contribution < -0.4 is 5.32 Å². The van der Waals surface area contributed by atoms with Gasteiger partial charge in [0.15, 0.2) is 0 Å². The van der Waals surface area contributed by atoms with Crippen LogP contribution in [0.25, 0.3) is 0 Å². The molecule has 98 valence electrons. The van der Waals surface area contributed by atoms with Gasteiger partial charge in [-0.1, -0.05) is 30.3 Å². The number of carbonyl (C=O) groups excluding carboxylic acids is 1. The zero-order valence-electron chi connectivity index (χ0n) is 11.3. The minimum Gasteiger partial charge on any atom is -0.460 e. The Balaban J connectivity index is 2.11. The predicted octanol–water partition coefficient (Wildman–Crippen LogP) is 2.33. The summed E-state index contributed by atoms with van der Waals surface area (Å²) in [5.41, 5.74) is 0.791. The van der Waals surface area contributed by atoms with Crippen LogP contribution in [0, 0.1) is 5.92 Å². The van der Waals surface area contributed by atoms with E-state index in [4.69, 9.17) is 4.74 Å². The maximum Gasteiger partial charge on any atom is 0.311 e. The predicted molar refractivity (Wildman–Crippen MR) is 71.4 cm³/mol. The fourth-order valence-corrected chi connectivity index (χ4v) is 2.35. The van der Waals surface area contributed by atoms with Gasteiger partial charge >= 0.3 is 5.97 Å². The summed E-state index contributed by atoms with van der Waals surface area (Å²) in [7, 11) is 0. The van der Waals surface area contributed by atoms with Crippen LogP contribution in [-0.4, -0.2) is 24.7 Å². The highest BCUT2D eigenvalue weighted by molar-refractivity contribution is 5.75. The summed E-state index contributed by atoms with van der Waals surface area (Å²) in [5, 5.41) is 3.29. The molecule has 3 heteroatoms. The first-order valence-corrected chi connectivity index (χ1v) is 6.46. The number of benzene rings is 1. The Bertz CT molecular complexity index is 408. The van der Waals surface area contributed by atoms with Gasteiger partial charge in [-0.05, 0) is 26.3 Å². The highest BCUT2D eigenvalue weighted by atomic mass is 16.6. The number of ether oxygens (including phenoxy) is 1. The molecule has 1 aliphatic rings. The summed E-state index contributed by atoms with van der Waals surface area (Å²) in [5.74, 6) is 0.0500. The minimum atomic E-state index is -0.416. The lowest BCUT2D eigenvalue weighted by Gasteiger charge is -2.24. The molecule has 0 unspecified atom stereocenters. The number of hydrogen-bond donors (Lipinski definition) is 1. The summed E-state index contributed by atoms with van der Waals surface area (Å²) in [6.07, 6.45) is 0. The largest absolute Gasteiger partial charge is 0.460 e. The first kappa shape index (κ1) is 13.1. The van der Waals surface area contributed by atoms with E-state index in [1.807, 2.05) is 39.0 Å². The van der Waals surface area contributed by atoms with Gasteiger partial charge in [-0.2, -0.15) is 0 Å². The topological polar surface area (TPSA) is 38.3 Å². The van der Waals surface area contributed by atoms with Crippen molar-refractivity contribution in [2.75, 3.05) is 13.1 Å². The van der Waals surface area contributed by atoms with Crippen LogP contribution in [0.3, 0.4) is 0 Å². The molecular weight excluding hydrogens is 226 g/mol. The third kappa shape index (κ3) is 3.10. The van der Waals surface area contributed by atoms with E-state index in [1.165, 1.54) is 5.56 Å². The Kier molecular flexibility index (Phi) is 3.71. The summed E-state index contributed by atoms with van der Waals surface area (Å²) >= 11 is 0. The second-order valence-electron chi connectivity index (χ2n) is 5.82. The summed E-state index contributed by atoms with van der Waals surface area (Å²) < 4.78 is 5.49. The van der Waals surface area contributed by atoms with Crippen molar-refractivity contribution >= 4 is 5.97 Å². The van der Waals surface area contributed by atoms with Crippen molar-refractivity contribution in [3.63, 3.8) is 0 Å². The van der Waals surface area contributed by atoms with Crippen molar-refractivity contribution < 1.29 is 9.53 Å². The van der Waals surface area contributed by atoms with E-state index < -0.39 is 5.60 Å². The molecule has 0 spiro atoms. The Morgan fingerprint density at radius 1 is 1.22 bits per heavy atom. The smallest absolute Gasteiger partial charge is 0.311 e. The molecule has 2 rings (SSSR count). The molecular formula is C15H21NO2. The first-order chi connectivity index (χ1) is 8.47. The highest BCUT2D eigenvalue weighted by Crippen LogP contribution is 2.29. The average Bonchev–Trinajstić information content (AvgIpc) is 2.76. The van der Waals surface area contributed by atoms with E-state index in [0.29, 0.717) is 6.54 Å². The fraction of sp³-hybridized carbons (Fsp3) is 0.533. The molecule has 0 radical (unpaired) electrons. The Morgan fingerprint density at radius 3 is 2.50 bits per heavy atom. The van der Waals surface area contributed by atoms with E-state index in [-0.39, 0.29) is 17.8 Å². The lowest BCUT2D eigenvalue weighted by Crippen LogP contribution is -2.31. The van der Waals surface area contributed by atoms with Gasteiger partial charge in [0, 0.05) is 19.0 Å². The lowest BCUT2D eigenvalue weighted by atomic mass is 9.89. The Morgan fingerprint density at radius 2 is 1.89 bits per heavy atom. The van der Waals surface area contributed by atoms with Crippen molar-refractivity contribution in [1.29, 1.82) is 0 Å². The van der Waals surface area contributed by atoms with Crippen LogP contribution >= 0.6 is 0 Å². The second kappa shape index (κ2) is 5.11. The number of rotatable bonds is 2. The summed E-state index contributed by atoms with van der Waals surface area (Å²) in [6, 6.07) is 10.2. The van der Waals surface area contributed by atoms with Gasteiger partial charge in [0.25, 0.3) is 0 Å². The van der Waals surface area contributed by atoms with Gasteiger partial charge in [0.05, 0.1) is 5.92 Å². The van der Waals surface area contributed by atoms with Gasteiger partial charge in [0.2, 0.25) is 0 Å². The second-order valence-corrected chi connectivity index (χ2v) is 5.82. The standard InChI is InChI=1S/C15H21NO2/c1-15(2,3)18-14(17)13-10-16-9-12(13)11-7-5-4-6-8-11/h4-8,12-13,16H,9-10H2,1-3H3/t12-,13+/m0/s1. The summed E-state index contributed by atoms with van der Waals surface area (Å²) in [6.45, 7) is 7.27. The van der Waals surface area contributed by atoms with Crippen LogP contribution in [0.5, 0.6) is 0 Å². The molecule has 1 aromatic carbocycles. The maximum absolute atomic E-state index is 12.2. The zero-order chi connectivity index (χ0) is 13.2. The quantitative estimate of drug-likeness (QED) is 0.815. The van der Waals surface area contributed by atoms with Gasteiger partial charge in [-0.25, -0.2) is 0 Å². The lowest BCUT2D eigenvalue weighted by molar-refractivity contribution is -0.159. The average molecular weight is 247 g/mol. The van der Waals surface area contributed by atoms with E-state index in [2.05, 4.69) is 17.4 Å². The molecule has 0 aliphatic carbocycles. The zero-order valence-corrected chi connectivity index (χ0v) is 11.3. The monoisotopic (exact) mass is 247 g/mol.